The molecular weight excluding hydrogens is 502 g/mol. The number of halogens is 1. The van der Waals surface area contributed by atoms with Crippen molar-refractivity contribution in [1.29, 1.82) is 0 Å². The van der Waals surface area contributed by atoms with E-state index >= 15 is 4.39 Å². The van der Waals surface area contributed by atoms with Crippen molar-refractivity contribution in [2.45, 2.75) is 70.6 Å². The SMILES string of the molecule is CN(C)C(=O)c1cc2c(B3OC(C)(C)C(C)(C)O3)cc([C@@H]3CCCN(C(=O)CCn4ccnn4)C3)c(F)c2[nH]1. The minimum atomic E-state index is -0.737. The van der Waals surface area contributed by atoms with Crippen LogP contribution in [0.4, 0.5) is 4.39 Å². The zero-order valence-electron chi connectivity index (χ0n) is 23.5. The van der Waals surface area contributed by atoms with E-state index in [1.807, 2.05) is 33.8 Å². The topological polar surface area (TPSA) is 106 Å². The number of nitrogens with one attached hydrogen (secondary N) is 1. The van der Waals surface area contributed by atoms with Gasteiger partial charge in [0.1, 0.15) is 5.69 Å². The van der Waals surface area contributed by atoms with Crippen LogP contribution in [-0.4, -0.2) is 87.1 Å². The van der Waals surface area contributed by atoms with E-state index in [2.05, 4.69) is 15.3 Å². The highest BCUT2D eigenvalue weighted by molar-refractivity contribution is 6.65. The zero-order valence-corrected chi connectivity index (χ0v) is 23.5. The van der Waals surface area contributed by atoms with Gasteiger partial charge >= 0.3 is 7.12 Å². The number of carbonyl (C=O) groups excluding carboxylic acids is 2. The molecule has 10 nitrogen and oxygen atoms in total. The molecule has 3 aromatic rings. The smallest absolute Gasteiger partial charge is 0.399 e. The van der Waals surface area contributed by atoms with Crippen molar-refractivity contribution in [2.24, 2.45) is 0 Å². The van der Waals surface area contributed by atoms with Gasteiger partial charge in [-0.2, -0.15) is 0 Å². The molecule has 12 heteroatoms. The van der Waals surface area contributed by atoms with E-state index in [1.54, 1.807) is 42.1 Å². The predicted octanol–water partition coefficient (Wildman–Crippen LogP) is 2.70. The van der Waals surface area contributed by atoms with Gasteiger partial charge < -0.3 is 24.1 Å². The number of aromatic nitrogens is 4. The summed E-state index contributed by atoms with van der Waals surface area (Å²) in [5.41, 5.74) is 0.523. The molecule has 2 amide bonds. The van der Waals surface area contributed by atoms with Crippen LogP contribution in [0.25, 0.3) is 10.9 Å². The minimum absolute atomic E-state index is 0.00149. The van der Waals surface area contributed by atoms with E-state index in [0.29, 0.717) is 42.5 Å². The van der Waals surface area contributed by atoms with Crippen LogP contribution < -0.4 is 5.46 Å². The highest BCUT2D eigenvalue weighted by Gasteiger charge is 2.52. The van der Waals surface area contributed by atoms with Gasteiger partial charge in [-0.15, -0.1) is 5.10 Å². The molecule has 2 aliphatic heterocycles. The summed E-state index contributed by atoms with van der Waals surface area (Å²) in [6, 6.07) is 3.48. The Kier molecular flexibility index (Phi) is 7.05. The van der Waals surface area contributed by atoms with Crippen LogP contribution in [0.2, 0.25) is 0 Å². The molecule has 0 aliphatic carbocycles. The third-order valence-electron chi connectivity index (χ3n) is 8.30. The molecule has 39 heavy (non-hydrogen) atoms. The molecule has 1 N–H and O–H groups in total. The molecule has 0 saturated carbocycles. The molecule has 2 aromatic heterocycles. The van der Waals surface area contributed by atoms with Gasteiger partial charge in [0.2, 0.25) is 5.91 Å². The fraction of sp³-hybridized carbons (Fsp3) is 0.556. The maximum Gasteiger partial charge on any atom is 0.495 e. The summed E-state index contributed by atoms with van der Waals surface area (Å²) < 4.78 is 30.5. The fourth-order valence-electron chi connectivity index (χ4n) is 5.30. The third-order valence-corrected chi connectivity index (χ3v) is 8.30. The van der Waals surface area contributed by atoms with E-state index in [0.717, 1.165) is 12.8 Å². The van der Waals surface area contributed by atoms with Crippen LogP contribution in [0, 0.1) is 5.82 Å². The first-order valence-corrected chi connectivity index (χ1v) is 13.4. The molecule has 0 radical (unpaired) electrons. The van der Waals surface area contributed by atoms with Crippen LogP contribution >= 0.6 is 0 Å². The van der Waals surface area contributed by atoms with Gasteiger partial charge in [-0.1, -0.05) is 11.3 Å². The van der Waals surface area contributed by atoms with Crippen LogP contribution in [0.5, 0.6) is 0 Å². The predicted molar refractivity (Wildman–Crippen MR) is 145 cm³/mol. The van der Waals surface area contributed by atoms with Crippen molar-refractivity contribution in [3.63, 3.8) is 0 Å². The number of fused-ring (bicyclic) bond motifs is 1. The monoisotopic (exact) mass is 538 g/mol. The van der Waals surface area contributed by atoms with Gasteiger partial charge in [-0.05, 0) is 57.6 Å². The molecule has 5 rings (SSSR count). The van der Waals surface area contributed by atoms with E-state index in [-0.39, 0.29) is 28.9 Å². The Hall–Kier alpha value is -3.25. The maximum atomic E-state index is 16.2. The number of hydrogen-bond acceptors (Lipinski definition) is 6. The molecule has 0 unspecified atom stereocenters. The third kappa shape index (κ3) is 5.07. The van der Waals surface area contributed by atoms with Crippen LogP contribution in [0.1, 0.15) is 68.9 Å². The minimum Gasteiger partial charge on any atom is -0.399 e. The summed E-state index contributed by atoms with van der Waals surface area (Å²) in [5, 5.41) is 8.25. The molecular formula is C27H36BFN6O4. The van der Waals surface area contributed by atoms with Gasteiger partial charge in [0.15, 0.2) is 5.82 Å². The maximum absolute atomic E-state index is 16.2. The number of piperidine rings is 1. The number of likely N-dealkylation sites (tertiary alicyclic amines) is 1. The number of carbonyl (C=O) groups is 2. The average Bonchev–Trinajstić information content (AvgIpc) is 3.61. The molecule has 1 atom stereocenters. The quantitative estimate of drug-likeness (QED) is 0.484. The van der Waals surface area contributed by atoms with E-state index in [4.69, 9.17) is 9.31 Å². The summed E-state index contributed by atoms with van der Waals surface area (Å²) in [5.74, 6) is -0.878. The van der Waals surface area contributed by atoms with E-state index in [9.17, 15) is 9.59 Å². The molecule has 1 aromatic carbocycles. The Morgan fingerprint density at radius 1 is 1.21 bits per heavy atom. The number of H-pyrrole nitrogens is 1. The lowest BCUT2D eigenvalue weighted by molar-refractivity contribution is -0.132. The first-order chi connectivity index (χ1) is 18.4. The second-order valence-corrected chi connectivity index (χ2v) is 11.7. The van der Waals surface area contributed by atoms with Crippen LogP contribution in [0.3, 0.4) is 0 Å². The molecule has 2 saturated heterocycles. The first kappa shape index (κ1) is 27.3. The molecule has 2 aliphatic rings. The van der Waals surface area contributed by atoms with Crippen LogP contribution in [0.15, 0.2) is 24.5 Å². The summed E-state index contributed by atoms with van der Waals surface area (Å²) >= 11 is 0. The van der Waals surface area contributed by atoms with Gasteiger partial charge in [0, 0.05) is 51.1 Å². The van der Waals surface area contributed by atoms with Crippen molar-refractivity contribution in [3.8, 4) is 0 Å². The van der Waals surface area contributed by atoms with Crippen molar-refractivity contribution in [3.05, 3.63) is 41.6 Å². The molecule has 0 spiro atoms. The number of aromatic amines is 1. The number of nitrogens with zero attached hydrogens (tertiary/aromatic N) is 5. The number of aryl methyl sites for hydroxylation is 1. The standard InChI is InChI=1S/C27H36BFN6O4/c1-26(2)27(3,4)39-28(38-26)20-14-18(23(29)24-19(20)15-21(31-24)25(37)33(5)6)17-8-7-11-34(16-17)22(36)9-12-35-13-10-30-32-35/h10,13-15,17,31H,7-9,11-12,16H2,1-6H3/t17-/m1/s1. The Morgan fingerprint density at radius 2 is 1.92 bits per heavy atom. The lowest BCUT2D eigenvalue weighted by Gasteiger charge is -2.33. The summed E-state index contributed by atoms with van der Waals surface area (Å²) in [4.78, 5) is 32.1. The number of benzene rings is 1. The second kappa shape index (κ2) is 10.1. The molecule has 4 heterocycles. The normalized spacial score (nSPS) is 20.5. The zero-order chi connectivity index (χ0) is 28.1. The largest absolute Gasteiger partial charge is 0.495 e. The highest BCUT2D eigenvalue weighted by Crippen LogP contribution is 2.38. The van der Waals surface area contributed by atoms with E-state index in [1.165, 1.54) is 4.90 Å². The fourth-order valence-corrected chi connectivity index (χ4v) is 5.30. The summed E-state index contributed by atoms with van der Waals surface area (Å²) in [6.45, 7) is 9.36. The summed E-state index contributed by atoms with van der Waals surface area (Å²) in [7, 11) is 2.57. The van der Waals surface area contributed by atoms with Crippen molar-refractivity contribution < 1.29 is 23.3 Å². The van der Waals surface area contributed by atoms with Crippen LogP contribution in [-0.2, 0) is 20.6 Å². The molecule has 208 valence electrons. The Bertz CT molecular complexity index is 1370. The summed E-state index contributed by atoms with van der Waals surface area (Å²) in [6.07, 6.45) is 5.10. The second-order valence-electron chi connectivity index (χ2n) is 11.7. The number of amides is 2. The highest BCUT2D eigenvalue weighted by atomic mass is 19.1. The molecule has 0 bridgehead atoms. The number of rotatable bonds is 6. The molecule has 2 fully saturated rings. The van der Waals surface area contributed by atoms with E-state index < -0.39 is 24.1 Å². The van der Waals surface area contributed by atoms with Gasteiger partial charge in [0.05, 0.1) is 29.5 Å². The number of hydrogen-bond donors (Lipinski definition) is 1. The van der Waals surface area contributed by atoms with Crippen molar-refractivity contribution in [2.75, 3.05) is 27.2 Å². The average molecular weight is 538 g/mol. The Morgan fingerprint density at radius 3 is 2.56 bits per heavy atom. The van der Waals surface area contributed by atoms with Gasteiger partial charge in [-0.3, -0.25) is 14.3 Å². The van der Waals surface area contributed by atoms with Gasteiger partial charge in [-0.25, -0.2) is 4.39 Å². The lowest BCUT2D eigenvalue weighted by atomic mass is 9.74. The lowest BCUT2D eigenvalue weighted by Crippen LogP contribution is -2.41. The Balaban J connectivity index is 1.50. The van der Waals surface area contributed by atoms with Crippen molar-refractivity contribution in [1.82, 2.24) is 29.8 Å². The van der Waals surface area contributed by atoms with Gasteiger partial charge in [0.25, 0.3) is 5.91 Å². The first-order valence-electron chi connectivity index (χ1n) is 13.4. The van der Waals surface area contributed by atoms with Crippen molar-refractivity contribution >= 4 is 35.3 Å². The Labute approximate surface area is 227 Å².